The largest absolute Gasteiger partial charge is 0.361 e. The summed E-state index contributed by atoms with van der Waals surface area (Å²) in [6, 6.07) is 9.78. The van der Waals surface area contributed by atoms with Gasteiger partial charge in [-0.2, -0.15) is 0 Å². The van der Waals surface area contributed by atoms with Gasteiger partial charge in [0.05, 0.1) is 5.69 Å². The van der Waals surface area contributed by atoms with Crippen molar-refractivity contribution < 1.29 is 9.59 Å². The molecule has 5 rings (SSSR count). The van der Waals surface area contributed by atoms with Crippen LogP contribution in [0.3, 0.4) is 0 Å². The van der Waals surface area contributed by atoms with Crippen LogP contribution in [0.4, 0.5) is 4.79 Å². The van der Waals surface area contributed by atoms with Gasteiger partial charge in [0.15, 0.2) is 0 Å². The fourth-order valence-electron chi connectivity index (χ4n) is 5.27. The first kappa shape index (κ1) is 24.3. The molecule has 2 aliphatic heterocycles. The molecule has 9 nitrogen and oxygen atoms in total. The minimum absolute atomic E-state index is 0.00637. The van der Waals surface area contributed by atoms with E-state index >= 15 is 0 Å². The first-order valence-electron chi connectivity index (χ1n) is 12.9. The highest BCUT2D eigenvalue weighted by Gasteiger charge is 2.21. The van der Waals surface area contributed by atoms with Crippen molar-refractivity contribution in [2.75, 3.05) is 52.4 Å². The quantitative estimate of drug-likeness (QED) is 0.387. The van der Waals surface area contributed by atoms with E-state index in [9.17, 15) is 9.59 Å². The lowest BCUT2D eigenvalue weighted by Gasteiger charge is -2.21. The predicted octanol–water partition coefficient (Wildman–Crippen LogP) is 1.90. The van der Waals surface area contributed by atoms with Crippen molar-refractivity contribution in [3.8, 4) is 0 Å². The number of pyridine rings is 1. The third-order valence-corrected chi connectivity index (χ3v) is 7.13. The van der Waals surface area contributed by atoms with Crippen LogP contribution in [0.15, 0.2) is 42.7 Å². The monoisotopic (exact) mass is 489 g/mol. The van der Waals surface area contributed by atoms with Crippen molar-refractivity contribution in [2.24, 2.45) is 0 Å². The number of nitrogens with one attached hydrogen (secondary N) is 4. The molecule has 1 fully saturated rings. The number of aromatic amines is 1. The van der Waals surface area contributed by atoms with Crippen LogP contribution in [0.1, 0.15) is 33.6 Å². The zero-order chi connectivity index (χ0) is 24.7. The summed E-state index contributed by atoms with van der Waals surface area (Å²) in [4.78, 5) is 37.2. The normalized spacial score (nSPS) is 16.8. The molecule has 3 amide bonds. The zero-order valence-electron chi connectivity index (χ0n) is 20.7. The second-order valence-electron chi connectivity index (χ2n) is 9.56. The van der Waals surface area contributed by atoms with Crippen LogP contribution in [0.2, 0.25) is 0 Å². The number of fused-ring (bicyclic) bond motifs is 3. The summed E-state index contributed by atoms with van der Waals surface area (Å²) in [5, 5.41) is 10.0. The Hall–Kier alpha value is -3.43. The smallest absolute Gasteiger partial charge is 0.314 e. The third kappa shape index (κ3) is 5.85. The molecule has 0 aliphatic carbocycles. The first-order valence-corrected chi connectivity index (χ1v) is 12.9. The van der Waals surface area contributed by atoms with Gasteiger partial charge >= 0.3 is 6.03 Å². The molecule has 0 spiro atoms. The number of benzene rings is 1. The number of amides is 3. The van der Waals surface area contributed by atoms with Gasteiger partial charge in [-0.05, 0) is 67.7 Å². The number of aromatic nitrogens is 2. The number of rotatable bonds is 8. The number of urea groups is 1. The van der Waals surface area contributed by atoms with E-state index in [-0.39, 0.29) is 11.9 Å². The van der Waals surface area contributed by atoms with E-state index in [1.807, 2.05) is 36.7 Å². The molecule has 36 heavy (non-hydrogen) atoms. The maximum absolute atomic E-state index is 12.4. The minimum atomic E-state index is -0.136. The van der Waals surface area contributed by atoms with Gasteiger partial charge in [0.25, 0.3) is 5.91 Å². The van der Waals surface area contributed by atoms with Gasteiger partial charge < -0.3 is 25.8 Å². The lowest BCUT2D eigenvalue weighted by Crippen LogP contribution is -2.41. The second-order valence-corrected chi connectivity index (χ2v) is 9.56. The Morgan fingerprint density at radius 3 is 2.78 bits per heavy atom. The Kier molecular flexibility index (Phi) is 7.78. The Bertz CT molecular complexity index is 1190. The Morgan fingerprint density at radius 1 is 1.03 bits per heavy atom. The van der Waals surface area contributed by atoms with Crippen molar-refractivity contribution in [1.29, 1.82) is 0 Å². The first-order chi connectivity index (χ1) is 17.7. The SMILES string of the molecule is O=C(NCCc1c[nH]c2ccc3c(c12)CCNC3=O)NCCN1CCCN(Cc2ccccn2)CC1. The molecule has 1 aromatic carbocycles. The van der Waals surface area contributed by atoms with Gasteiger partial charge in [-0.15, -0.1) is 0 Å². The zero-order valence-corrected chi connectivity index (χ0v) is 20.7. The summed E-state index contributed by atoms with van der Waals surface area (Å²) in [6.45, 7) is 7.70. The van der Waals surface area contributed by atoms with E-state index in [0.29, 0.717) is 26.1 Å². The molecule has 1 saturated heterocycles. The number of hydrogen-bond donors (Lipinski definition) is 4. The highest BCUT2D eigenvalue weighted by atomic mass is 16.2. The summed E-state index contributed by atoms with van der Waals surface area (Å²) >= 11 is 0. The molecule has 0 saturated carbocycles. The van der Waals surface area contributed by atoms with Crippen molar-refractivity contribution in [3.63, 3.8) is 0 Å². The maximum atomic E-state index is 12.4. The molecule has 4 heterocycles. The summed E-state index contributed by atoms with van der Waals surface area (Å²) in [7, 11) is 0. The maximum Gasteiger partial charge on any atom is 0.314 e. The van der Waals surface area contributed by atoms with Crippen LogP contribution in [0.5, 0.6) is 0 Å². The number of H-pyrrole nitrogens is 1. The highest BCUT2D eigenvalue weighted by Crippen LogP contribution is 2.28. The fraction of sp³-hybridized carbons (Fsp3) is 0.444. The molecular formula is C27H35N7O2. The molecule has 2 aromatic heterocycles. The molecule has 0 unspecified atom stereocenters. The lowest BCUT2D eigenvalue weighted by molar-refractivity contribution is 0.0946. The van der Waals surface area contributed by atoms with E-state index < -0.39 is 0 Å². The van der Waals surface area contributed by atoms with Crippen LogP contribution < -0.4 is 16.0 Å². The number of nitrogens with zero attached hydrogens (tertiary/aromatic N) is 3. The average molecular weight is 490 g/mol. The van der Waals surface area contributed by atoms with Gasteiger partial charge in [-0.1, -0.05) is 6.07 Å². The second kappa shape index (κ2) is 11.5. The summed E-state index contributed by atoms with van der Waals surface area (Å²) in [5.74, 6) is -0.00637. The van der Waals surface area contributed by atoms with Crippen LogP contribution in [0.25, 0.3) is 10.9 Å². The molecule has 0 radical (unpaired) electrons. The van der Waals surface area contributed by atoms with Crippen molar-refractivity contribution in [2.45, 2.75) is 25.8 Å². The molecule has 4 N–H and O–H groups in total. The van der Waals surface area contributed by atoms with Crippen LogP contribution >= 0.6 is 0 Å². The molecule has 9 heteroatoms. The van der Waals surface area contributed by atoms with Crippen molar-refractivity contribution >= 4 is 22.8 Å². The lowest BCUT2D eigenvalue weighted by atomic mass is 9.94. The third-order valence-electron chi connectivity index (χ3n) is 7.13. The Balaban J connectivity index is 1.03. The molecular weight excluding hydrogens is 454 g/mol. The standard InChI is InChI=1S/C27H35N7O2/c35-26-23-5-6-24-25(22(23)8-11-29-26)20(18-32-24)7-10-30-27(36)31-12-15-33-13-3-14-34(17-16-33)19-21-4-1-2-9-28-21/h1-2,4-6,9,18,32H,3,7-8,10-17,19H2,(H,29,35)(H2,30,31,36). The molecule has 0 bridgehead atoms. The minimum Gasteiger partial charge on any atom is -0.361 e. The van der Waals surface area contributed by atoms with E-state index in [0.717, 1.165) is 85.4 Å². The van der Waals surface area contributed by atoms with Gasteiger partial charge in [-0.25, -0.2) is 4.79 Å². The summed E-state index contributed by atoms with van der Waals surface area (Å²) < 4.78 is 0. The number of carbonyl (C=O) groups excluding carboxylic acids is 2. The number of carbonyl (C=O) groups is 2. The molecule has 2 aliphatic rings. The predicted molar refractivity (Wildman–Crippen MR) is 140 cm³/mol. The van der Waals surface area contributed by atoms with Crippen LogP contribution in [-0.2, 0) is 19.4 Å². The highest BCUT2D eigenvalue weighted by molar-refractivity contribution is 6.02. The van der Waals surface area contributed by atoms with Gasteiger partial charge in [-0.3, -0.25) is 14.7 Å². The van der Waals surface area contributed by atoms with Gasteiger partial charge in [0.2, 0.25) is 0 Å². The summed E-state index contributed by atoms with van der Waals surface area (Å²) in [5.41, 5.74) is 5.15. The number of hydrogen-bond acceptors (Lipinski definition) is 5. The van der Waals surface area contributed by atoms with Crippen LogP contribution in [0, 0.1) is 0 Å². The van der Waals surface area contributed by atoms with Crippen molar-refractivity contribution in [1.82, 2.24) is 35.7 Å². The van der Waals surface area contributed by atoms with Gasteiger partial charge in [0, 0.05) is 74.7 Å². The van der Waals surface area contributed by atoms with Gasteiger partial charge in [0.1, 0.15) is 0 Å². The topological polar surface area (TPSA) is 105 Å². The molecule has 0 atom stereocenters. The fourth-order valence-corrected chi connectivity index (χ4v) is 5.27. The Morgan fingerprint density at radius 2 is 1.89 bits per heavy atom. The van der Waals surface area contributed by atoms with Crippen molar-refractivity contribution in [3.05, 3.63) is 65.1 Å². The Labute approximate surface area is 211 Å². The van der Waals surface area contributed by atoms with Crippen LogP contribution in [-0.4, -0.2) is 84.1 Å². The average Bonchev–Trinajstić information content (AvgIpc) is 3.18. The van der Waals surface area contributed by atoms with E-state index in [4.69, 9.17) is 0 Å². The molecule has 190 valence electrons. The van der Waals surface area contributed by atoms with E-state index in [2.05, 4.69) is 41.8 Å². The van der Waals surface area contributed by atoms with E-state index in [1.165, 1.54) is 0 Å². The summed E-state index contributed by atoms with van der Waals surface area (Å²) in [6.07, 6.45) is 6.50. The molecule has 3 aromatic rings. The van der Waals surface area contributed by atoms with E-state index in [1.54, 1.807) is 0 Å².